The molecule has 0 atom stereocenters. The van der Waals surface area contributed by atoms with Crippen LogP contribution in [0.2, 0.25) is 0 Å². The first-order valence-electron chi connectivity index (χ1n) is 9.27. The molecule has 3 aromatic rings. The minimum absolute atomic E-state index is 0.0326. The van der Waals surface area contributed by atoms with Crippen molar-refractivity contribution in [2.75, 3.05) is 17.2 Å². The van der Waals surface area contributed by atoms with Crippen molar-refractivity contribution in [2.45, 2.75) is 20.8 Å². The Balaban J connectivity index is 1.88. The monoisotopic (exact) mass is 407 g/mol. The molecule has 30 heavy (non-hydrogen) atoms. The Morgan fingerprint density at radius 3 is 2.17 bits per heavy atom. The van der Waals surface area contributed by atoms with Crippen molar-refractivity contribution in [3.05, 3.63) is 75.6 Å². The SMILES string of the molecule is CCOC(=O)c1ccc(Nc2ncnc(Nc3ccc(C)c(C)c3)c2[N+](=O)[O-])cc1. The quantitative estimate of drug-likeness (QED) is 0.329. The lowest BCUT2D eigenvalue weighted by Gasteiger charge is -2.11. The zero-order valence-corrected chi connectivity index (χ0v) is 16.8. The molecule has 0 spiro atoms. The number of carbonyl (C=O) groups is 1. The number of hydrogen-bond donors (Lipinski definition) is 2. The molecule has 0 unspecified atom stereocenters. The lowest BCUT2D eigenvalue weighted by Crippen LogP contribution is -2.06. The van der Waals surface area contributed by atoms with E-state index in [4.69, 9.17) is 4.74 Å². The summed E-state index contributed by atoms with van der Waals surface area (Å²) >= 11 is 0. The van der Waals surface area contributed by atoms with Gasteiger partial charge >= 0.3 is 11.7 Å². The Labute approximate surface area is 173 Å². The highest BCUT2D eigenvalue weighted by atomic mass is 16.6. The van der Waals surface area contributed by atoms with Crippen molar-refractivity contribution in [3.8, 4) is 0 Å². The molecule has 0 saturated heterocycles. The number of rotatable bonds is 7. The maximum atomic E-state index is 11.8. The number of hydrogen-bond acceptors (Lipinski definition) is 8. The molecule has 1 heterocycles. The maximum Gasteiger partial charge on any atom is 0.353 e. The number of benzene rings is 2. The van der Waals surface area contributed by atoms with Crippen LogP contribution in [0.4, 0.5) is 28.7 Å². The second kappa shape index (κ2) is 8.99. The Morgan fingerprint density at radius 1 is 1.00 bits per heavy atom. The minimum atomic E-state index is -0.543. The van der Waals surface area contributed by atoms with E-state index in [0.717, 1.165) is 11.1 Å². The van der Waals surface area contributed by atoms with E-state index >= 15 is 0 Å². The third-order valence-electron chi connectivity index (χ3n) is 4.43. The number of nitro groups is 1. The van der Waals surface area contributed by atoms with E-state index in [9.17, 15) is 14.9 Å². The van der Waals surface area contributed by atoms with Crippen molar-refractivity contribution in [3.63, 3.8) is 0 Å². The molecule has 2 aromatic carbocycles. The predicted molar refractivity (Wildman–Crippen MR) is 114 cm³/mol. The molecule has 0 saturated carbocycles. The third kappa shape index (κ3) is 4.69. The van der Waals surface area contributed by atoms with E-state index < -0.39 is 10.9 Å². The molecule has 0 aliphatic carbocycles. The van der Waals surface area contributed by atoms with Crippen LogP contribution in [0.1, 0.15) is 28.4 Å². The second-order valence-corrected chi connectivity index (χ2v) is 6.52. The van der Waals surface area contributed by atoms with E-state index in [2.05, 4.69) is 20.6 Å². The predicted octanol–water partition coefficient (Wildman–Crippen LogP) is 4.67. The van der Waals surface area contributed by atoms with Gasteiger partial charge in [0, 0.05) is 11.4 Å². The summed E-state index contributed by atoms with van der Waals surface area (Å²) in [6.45, 7) is 5.96. The molecule has 0 aliphatic rings. The van der Waals surface area contributed by atoms with E-state index in [-0.39, 0.29) is 23.9 Å². The van der Waals surface area contributed by atoms with Gasteiger partial charge < -0.3 is 15.4 Å². The number of aromatic nitrogens is 2. The topological polar surface area (TPSA) is 119 Å². The van der Waals surface area contributed by atoms with Gasteiger partial charge in [-0.15, -0.1) is 0 Å². The van der Waals surface area contributed by atoms with E-state index in [1.54, 1.807) is 31.2 Å². The fourth-order valence-corrected chi connectivity index (χ4v) is 2.73. The number of esters is 1. The van der Waals surface area contributed by atoms with Crippen LogP contribution in [0.3, 0.4) is 0 Å². The molecule has 0 amide bonds. The molecule has 0 radical (unpaired) electrons. The van der Waals surface area contributed by atoms with Gasteiger partial charge in [0.25, 0.3) is 0 Å². The van der Waals surface area contributed by atoms with Crippen LogP contribution in [-0.2, 0) is 4.74 Å². The van der Waals surface area contributed by atoms with E-state index in [1.807, 2.05) is 32.0 Å². The van der Waals surface area contributed by atoms with Crippen molar-refractivity contribution >= 4 is 34.7 Å². The highest BCUT2D eigenvalue weighted by Gasteiger charge is 2.23. The summed E-state index contributed by atoms with van der Waals surface area (Å²) in [7, 11) is 0. The first-order chi connectivity index (χ1) is 14.4. The van der Waals surface area contributed by atoms with E-state index in [1.165, 1.54) is 6.33 Å². The van der Waals surface area contributed by atoms with Crippen LogP contribution >= 0.6 is 0 Å². The Morgan fingerprint density at radius 2 is 1.60 bits per heavy atom. The van der Waals surface area contributed by atoms with Crippen LogP contribution in [-0.4, -0.2) is 27.5 Å². The minimum Gasteiger partial charge on any atom is -0.462 e. The zero-order valence-electron chi connectivity index (χ0n) is 16.8. The summed E-state index contributed by atoms with van der Waals surface area (Å²) < 4.78 is 4.95. The fraction of sp³-hybridized carbons (Fsp3) is 0.190. The van der Waals surface area contributed by atoms with Crippen molar-refractivity contribution in [1.82, 2.24) is 9.97 Å². The molecule has 1 aromatic heterocycles. The van der Waals surface area contributed by atoms with Gasteiger partial charge in [-0.05, 0) is 68.3 Å². The molecular weight excluding hydrogens is 386 g/mol. The van der Waals surface area contributed by atoms with E-state index in [0.29, 0.717) is 16.9 Å². The Bertz CT molecular complexity index is 1080. The van der Waals surface area contributed by atoms with Crippen molar-refractivity contribution < 1.29 is 14.5 Å². The Kier molecular flexibility index (Phi) is 6.21. The Hall–Kier alpha value is -4.01. The summed E-state index contributed by atoms with van der Waals surface area (Å²) in [6, 6.07) is 12.0. The standard InChI is InChI=1S/C21H21N5O4/c1-4-30-21(27)15-6-9-16(10-7-15)24-19-18(26(28)29)20(23-12-22-19)25-17-8-5-13(2)14(3)11-17/h5-12H,4H2,1-3H3,(H2,22,23,24,25). The van der Waals surface area contributed by atoms with Gasteiger partial charge in [-0.25, -0.2) is 14.8 Å². The van der Waals surface area contributed by atoms with Crippen LogP contribution in [0, 0.1) is 24.0 Å². The summed E-state index contributed by atoms with van der Waals surface area (Å²) in [5.74, 6) is -0.328. The number of nitrogens with zero attached hydrogens (tertiary/aromatic N) is 3. The highest BCUT2D eigenvalue weighted by Crippen LogP contribution is 2.33. The summed E-state index contributed by atoms with van der Waals surface area (Å²) in [5, 5.41) is 17.6. The van der Waals surface area contributed by atoms with Crippen LogP contribution in [0.5, 0.6) is 0 Å². The summed E-state index contributed by atoms with van der Waals surface area (Å²) in [4.78, 5) is 31.0. The molecule has 9 heteroatoms. The first-order valence-corrected chi connectivity index (χ1v) is 9.27. The molecule has 154 valence electrons. The summed E-state index contributed by atoms with van der Waals surface area (Å²) in [5.41, 5.74) is 3.48. The number of anilines is 4. The summed E-state index contributed by atoms with van der Waals surface area (Å²) in [6.07, 6.45) is 1.24. The van der Waals surface area contributed by atoms with Gasteiger partial charge in [-0.2, -0.15) is 0 Å². The van der Waals surface area contributed by atoms with Crippen LogP contribution < -0.4 is 10.6 Å². The first kappa shape index (κ1) is 20.7. The lowest BCUT2D eigenvalue weighted by atomic mass is 10.1. The molecule has 2 N–H and O–H groups in total. The molecular formula is C21H21N5O4. The fourth-order valence-electron chi connectivity index (χ4n) is 2.73. The average Bonchev–Trinajstić information content (AvgIpc) is 2.71. The molecule has 3 rings (SSSR count). The van der Waals surface area contributed by atoms with Crippen molar-refractivity contribution in [1.29, 1.82) is 0 Å². The number of aryl methyl sites for hydroxylation is 2. The smallest absolute Gasteiger partial charge is 0.353 e. The normalized spacial score (nSPS) is 10.4. The van der Waals surface area contributed by atoms with Gasteiger partial charge in [-0.1, -0.05) is 6.07 Å². The highest BCUT2D eigenvalue weighted by molar-refractivity contribution is 5.90. The zero-order chi connectivity index (χ0) is 21.7. The van der Waals surface area contributed by atoms with Gasteiger partial charge in [0.1, 0.15) is 6.33 Å². The van der Waals surface area contributed by atoms with Gasteiger partial charge in [0.15, 0.2) is 0 Å². The molecule has 0 aliphatic heterocycles. The molecule has 0 bridgehead atoms. The number of carbonyl (C=O) groups excluding carboxylic acids is 1. The number of nitrogens with one attached hydrogen (secondary N) is 2. The second-order valence-electron chi connectivity index (χ2n) is 6.52. The van der Waals surface area contributed by atoms with Gasteiger partial charge in [0.05, 0.1) is 17.1 Å². The van der Waals surface area contributed by atoms with Gasteiger partial charge in [-0.3, -0.25) is 10.1 Å². The number of ether oxygens (including phenoxy) is 1. The average molecular weight is 407 g/mol. The maximum absolute atomic E-state index is 11.8. The van der Waals surface area contributed by atoms with Crippen molar-refractivity contribution in [2.24, 2.45) is 0 Å². The van der Waals surface area contributed by atoms with Crippen LogP contribution in [0.15, 0.2) is 48.8 Å². The molecule has 0 fully saturated rings. The molecule has 9 nitrogen and oxygen atoms in total. The van der Waals surface area contributed by atoms with Gasteiger partial charge in [0.2, 0.25) is 11.6 Å². The lowest BCUT2D eigenvalue weighted by molar-refractivity contribution is -0.383. The van der Waals surface area contributed by atoms with Crippen LogP contribution in [0.25, 0.3) is 0 Å². The third-order valence-corrected chi connectivity index (χ3v) is 4.43. The largest absolute Gasteiger partial charge is 0.462 e.